The molecule has 4 nitrogen and oxygen atoms in total. The molecule has 2 aromatic rings. The van der Waals surface area contributed by atoms with Crippen molar-refractivity contribution in [2.45, 2.75) is 18.6 Å². The number of rotatable bonds is 4. The summed E-state index contributed by atoms with van der Waals surface area (Å²) in [4.78, 5) is 3.88. The van der Waals surface area contributed by atoms with Crippen LogP contribution in [0.5, 0.6) is 0 Å². The van der Waals surface area contributed by atoms with E-state index in [1.165, 1.54) is 18.5 Å². The van der Waals surface area contributed by atoms with E-state index >= 15 is 0 Å². The largest absolute Gasteiger partial charge is 0.368 e. The van der Waals surface area contributed by atoms with Gasteiger partial charge in [-0.05, 0) is 18.4 Å². The number of hydrogen-bond donors (Lipinski definition) is 0. The quantitative estimate of drug-likeness (QED) is 0.815. The number of ether oxygens (including phenoxy) is 1. The summed E-state index contributed by atoms with van der Waals surface area (Å²) in [5, 5.41) is 4.04. The highest BCUT2D eigenvalue weighted by Gasteiger charge is 2.44. The Morgan fingerprint density at radius 2 is 2.29 bits per heavy atom. The van der Waals surface area contributed by atoms with Crippen LogP contribution in [0.15, 0.2) is 30.9 Å². The molecule has 112 valence electrons. The summed E-state index contributed by atoms with van der Waals surface area (Å²) in [5.74, 6) is -0.675. The van der Waals surface area contributed by atoms with Crippen molar-refractivity contribution in [1.82, 2.24) is 14.8 Å². The molecule has 0 unspecified atom stereocenters. The van der Waals surface area contributed by atoms with Crippen LogP contribution in [0.25, 0.3) is 0 Å². The van der Waals surface area contributed by atoms with Crippen molar-refractivity contribution in [3.8, 4) is 0 Å². The third-order valence-corrected chi connectivity index (χ3v) is 4.17. The molecular weight excluding hydrogens is 300 g/mol. The molecule has 2 atom stereocenters. The highest BCUT2D eigenvalue weighted by molar-refractivity contribution is 6.18. The highest BCUT2D eigenvalue weighted by Crippen LogP contribution is 2.42. The van der Waals surface area contributed by atoms with Gasteiger partial charge < -0.3 is 4.74 Å². The first-order valence-electron chi connectivity index (χ1n) is 6.61. The molecule has 0 N–H and O–H groups in total. The fourth-order valence-electron chi connectivity index (χ4n) is 2.78. The first-order valence-corrected chi connectivity index (χ1v) is 7.14. The lowest BCUT2D eigenvalue weighted by molar-refractivity contribution is -0.0202. The van der Waals surface area contributed by atoms with Crippen LogP contribution in [0.3, 0.4) is 0 Å². The monoisotopic (exact) mass is 313 g/mol. The van der Waals surface area contributed by atoms with Crippen LogP contribution in [0.4, 0.5) is 8.78 Å². The Kier molecular flexibility index (Phi) is 3.91. The van der Waals surface area contributed by atoms with E-state index in [-0.39, 0.29) is 5.92 Å². The van der Waals surface area contributed by atoms with Crippen molar-refractivity contribution in [1.29, 1.82) is 0 Å². The molecule has 1 aliphatic rings. The zero-order valence-corrected chi connectivity index (χ0v) is 11.9. The number of aromatic nitrogens is 3. The third-order valence-electron chi connectivity index (χ3n) is 3.74. The minimum atomic E-state index is -0.898. The maximum atomic E-state index is 14.2. The molecule has 7 heteroatoms. The Bertz CT molecular complexity index is 623. The Morgan fingerprint density at radius 3 is 2.90 bits per heavy atom. The van der Waals surface area contributed by atoms with Crippen molar-refractivity contribution < 1.29 is 13.5 Å². The van der Waals surface area contributed by atoms with Crippen LogP contribution in [-0.4, -0.2) is 27.3 Å². The molecule has 0 bridgehead atoms. The molecule has 0 spiro atoms. The fraction of sp³-hybridized carbons (Fsp3) is 0.429. The summed E-state index contributed by atoms with van der Waals surface area (Å²) in [5.41, 5.74) is -0.572. The van der Waals surface area contributed by atoms with E-state index in [1.54, 1.807) is 11.0 Å². The van der Waals surface area contributed by atoms with Crippen molar-refractivity contribution in [3.05, 3.63) is 48.1 Å². The van der Waals surface area contributed by atoms with Crippen LogP contribution >= 0.6 is 11.6 Å². The van der Waals surface area contributed by atoms with Crippen molar-refractivity contribution in [2.75, 3.05) is 12.5 Å². The van der Waals surface area contributed by atoms with Crippen molar-refractivity contribution in [2.24, 2.45) is 5.92 Å². The van der Waals surface area contributed by atoms with Crippen LogP contribution in [0, 0.1) is 17.6 Å². The van der Waals surface area contributed by atoms with E-state index in [0.717, 1.165) is 6.07 Å². The van der Waals surface area contributed by atoms with Gasteiger partial charge in [-0.2, -0.15) is 5.10 Å². The molecule has 3 rings (SSSR count). The van der Waals surface area contributed by atoms with Crippen molar-refractivity contribution >= 4 is 11.6 Å². The average Bonchev–Trinajstić information content (AvgIpc) is 3.09. The first-order chi connectivity index (χ1) is 10.1. The van der Waals surface area contributed by atoms with Gasteiger partial charge in [0.15, 0.2) is 0 Å². The van der Waals surface area contributed by atoms with Crippen LogP contribution in [-0.2, 0) is 16.9 Å². The molecular formula is C14H14ClF2N3O. The molecule has 1 saturated heterocycles. The lowest BCUT2D eigenvalue weighted by atomic mass is 9.87. The molecule has 1 aromatic carbocycles. The lowest BCUT2D eigenvalue weighted by Crippen LogP contribution is -2.32. The molecule has 1 fully saturated rings. The number of benzene rings is 1. The smallest absolute Gasteiger partial charge is 0.137 e. The summed E-state index contributed by atoms with van der Waals surface area (Å²) < 4.78 is 34.8. The summed E-state index contributed by atoms with van der Waals surface area (Å²) in [6.45, 7) is 0.748. The van der Waals surface area contributed by atoms with Gasteiger partial charge in [-0.15, -0.1) is 11.6 Å². The number of hydrogen-bond acceptors (Lipinski definition) is 3. The van der Waals surface area contributed by atoms with Gasteiger partial charge in [-0.3, -0.25) is 0 Å². The maximum Gasteiger partial charge on any atom is 0.137 e. The molecule has 0 saturated carbocycles. The van der Waals surface area contributed by atoms with Gasteiger partial charge in [0.1, 0.15) is 29.9 Å². The predicted molar refractivity (Wildman–Crippen MR) is 72.8 cm³/mol. The average molecular weight is 314 g/mol. The fourth-order valence-corrected chi connectivity index (χ4v) is 2.98. The van der Waals surface area contributed by atoms with E-state index in [9.17, 15) is 8.78 Å². The van der Waals surface area contributed by atoms with Gasteiger partial charge in [-0.1, -0.05) is 6.07 Å². The second-order valence-electron chi connectivity index (χ2n) is 5.25. The number of alkyl halides is 1. The van der Waals surface area contributed by atoms with Gasteiger partial charge in [-0.25, -0.2) is 18.4 Å². The van der Waals surface area contributed by atoms with Crippen molar-refractivity contribution in [3.63, 3.8) is 0 Å². The van der Waals surface area contributed by atoms with Gasteiger partial charge in [0.2, 0.25) is 0 Å². The molecule has 0 radical (unpaired) electrons. The Labute approximate surface area is 125 Å². The van der Waals surface area contributed by atoms with Gasteiger partial charge in [0.25, 0.3) is 0 Å². The number of halogens is 3. The van der Waals surface area contributed by atoms with Crippen LogP contribution in [0.1, 0.15) is 12.0 Å². The Morgan fingerprint density at radius 1 is 1.43 bits per heavy atom. The lowest BCUT2D eigenvalue weighted by Gasteiger charge is -2.29. The minimum absolute atomic E-state index is 0.125. The normalized spacial score (nSPS) is 25.4. The molecule has 0 aliphatic carbocycles. The SMILES string of the molecule is Fc1ccc([C@@]2(Cn3cncn3)C[C@H](CCl)CO2)c(F)c1. The van der Waals surface area contributed by atoms with E-state index < -0.39 is 17.2 Å². The first kappa shape index (κ1) is 14.4. The second-order valence-corrected chi connectivity index (χ2v) is 5.56. The molecule has 1 aliphatic heterocycles. The Hall–Kier alpha value is -1.53. The summed E-state index contributed by atoms with van der Waals surface area (Å²) >= 11 is 5.90. The standard InChI is InChI=1S/C14H14ClF2N3O/c15-5-10-4-14(21-6-10,7-20-9-18-8-19-20)12-2-1-11(16)3-13(12)17/h1-3,8-10H,4-7H2/t10-,14+/m1/s1. The van der Waals surface area contributed by atoms with Crippen LogP contribution < -0.4 is 0 Å². The predicted octanol–water partition coefficient (Wildman–Crippen LogP) is 2.73. The van der Waals surface area contributed by atoms with Gasteiger partial charge in [0.05, 0.1) is 13.2 Å². The third kappa shape index (κ3) is 2.78. The van der Waals surface area contributed by atoms with E-state index in [2.05, 4.69) is 10.1 Å². The number of nitrogens with zero attached hydrogens (tertiary/aromatic N) is 3. The molecule has 1 aromatic heterocycles. The minimum Gasteiger partial charge on any atom is -0.368 e. The van der Waals surface area contributed by atoms with E-state index in [0.29, 0.717) is 31.0 Å². The molecule has 2 heterocycles. The zero-order chi connectivity index (χ0) is 14.9. The zero-order valence-electron chi connectivity index (χ0n) is 11.2. The molecule has 0 amide bonds. The summed E-state index contributed by atoms with van der Waals surface area (Å²) in [7, 11) is 0. The maximum absolute atomic E-state index is 14.2. The topological polar surface area (TPSA) is 39.9 Å². The van der Waals surface area contributed by atoms with Crippen LogP contribution in [0.2, 0.25) is 0 Å². The highest BCUT2D eigenvalue weighted by atomic mass is 35.5. The Balaban J connectivity index is 1.99. The van der Waals surface area contributed by atoms with E-state index in [1.807, 2.05) is 0 Å². The van der Waals surface area contributed by atoms with Gasteiger partial charge in [0, 0.05) is 17.5 Å². The summed E-state index contributed by atoms with van der Waals surface area (Å²) in [6.07, 6.45) is 3.50. The second kappa shape index (κ2) is 5.69. The summed E-state index contributed by atoms with van der Waals surface area (Å²) in [6, 6.07) is 3.53. The van der Waals surface area contributed by atoms with Gasteiger partial charge >= 0.3 is 0 Å². The molecule has 21 heavy (non-hydrogen) atoms. The van der Waals surface area contributed by atoms with E-state index in [4.69, 9.17) is 16.3 Å².